The molecule has 1 saturated carbocycles. The van der Waals surface area contributed by atoms with Gasteiger partial charge in [0.2, 0.25) is 0 Å². The van der Waals surface area contributed by atoms with E-state index >= 15 is 0 Å². The second-order valence-electron chi connectivity index (χ2n) is 4.18. The van der Waals surface area contributed by atoms with Crippen molar-refractivity contribution in [2.24, 2.45) is 11.7 Å². The standard InChI is InChI=1S/C9H17NO/c1-7(2)5-8(11)6-9(10)3-4-9/h7H,3-6,10H2,1-2H3. The molecule has 0 bridgehead atoms. The minimum atomic E-state index is -0.0913. The molecule has 2 N–H and O–H groups in total. The zero-order chi connectivity index (χ0) is 8.48. The summed E-state index contributed by atoms with van der Waals surface area (Å²) < 4.78 is 0. The third-order valence-corrected chi connectivity index (χ3v) is 2.08. The Kier molecular flexibility index (Phi) is 2.33. The molecule has 1 fully saturated rings. The Morgan fingerprint density at radius 3 is 2.45 bits per heavy atom. The summed E-state index contributed by atoms with van der Waals surface area (Å²) in [6.07, 6.45) is 3.37. The van der Waals surface area contributed by atoms with Crippen LogP contribution in [-0.4, -0.2) is 11.3 Å². The fourth-order valence-electron chi connectivity index (χ4n) is 1.26. The Morgan fingerprint density at radius 2 is 2.09 bits per heavy atom. The van der Waals surface area contributed by atoms with Crippen molar-refractivity contribution in [2.45, 2.75) is 45.1 Å². The molecule has 0 unspecified atom stereocenters. The highest BCUT2D eigenvalue weighted by atomic mass is 16.1. The maximum Gasteiger partial charge on any atom is 0.134 e. The second-order valence-corrected chi connectivity index (χ2v) is 4.18. The van der Waals surface area contributed by atoms with Crippen molar-refractivity contribution in [3.63, 3.8) is 0 Å². The van der Waals surface area contributed by atoms with Gasteiger partial charge in [-0.2, -0.15) is 0 Å². The quantitative estimate of drug-likeness (QED) is 0.668. The minimum Gasteiger partial charge on any atom is -0.325 e. The van der Waals surface area contributed by atoms with Crippen LogP contribution in [0.1, 0.15) is 39.5 Å². The number of Topliss-reactive ketones (excluding diaryl/α,β-unsaturated/α-hetero) is 1. The molecule has 2 nitrogen and oxygen atoms in total. The van der Waals surface area contributed by atoms with Gasteiger partial charge in [-0.25, -0.2) is 0 Å². The summed E-state index contributed by atoms with van der Waals surface area (Å²) in [7, 11) is 0. The molecule has 64 valence electrons. The summed E-state index contributed by atoms with van der Waals surface area (Å²) in [5.41, 5.74) is 5.71. The van der Waals surface area contributed by atoms with E-state index in [1.165, 1.54) is 0 Å². The molecule has 0 radical (unpaired) electrons. The molecular formula is C9H17NO. The first-order chi connectivity index (χ1) is 5.02. The molecule has 0 saturated heterocycles. The third kappa shape index (κ3) is 3.02. The van der Waals surface area contributed by atoms with E-state index in [-0.39, 0.29) is 5.54 Å². The van der Waals surface area contributed by atoms with Crippen LogP contribution in [0.2, 0.25) is 0 Å². The van der Waals surface area contributed by atoms with E-state index in [9.17, 15) is 4.79 Å². The monoisotopic (exact) mass is 155 g/mol. The molecule has 0 amide bonds. The van der Waals surface area contributed by atoms with Gasteiger partial charge in [-0.3, -0.25) is 4.79 Å². The molecule has 11 heavy (non-hydrogen) atoms. The van der Waals surface area contributed by atoms with Gasteiger partial charge in [0.1, 0.15) is 5.78 Å². The van der Waals surface area contributed by atoms with E-state index in [1.807, 2.05) is 0 Å². The number of carbonyl (C=O) groups is 1. The number of carbonyl (C=O) groups excluding carboxylic acids is 1. The Bertz CT molecular complexity index is 159. The van der Waals surface area contributed by atoms with Gasteiger partial charge in [0.05, 0.1) is 0 Å². The molecule has 0 aromatic rings. The fourth-order valence-corrected chi connectivity index (χ4v) is 1.26. The number of rotatable bonds is 4. The van der Waals surface area contributed by atoms with E-state index in [0.29, 0.717) is 24.5 Å². The number of hydrogen-bond acceptors (Lipinski definition) is 2. The summed E-state index contributed by atoms with van der Waals surface area (Å²) >= 11 is 0. The minimum absolute atomic E-state index is 0.0913. The van der Waals surface area contributed by atoms with Crippen molar-refractivity contribution in [1.82, 2.24) is 0 Å². The first-order valence-electron chi connectivity index (χ1n) is 4.32. The molecule has 0 atom stereocenters. The third-order valence-electron chi connectivity index (χ3n) is 2.08. The first kappa shape index (κ1) is 8.72. The van der Waals surface area contributed by atoms with Gasteiger partial charge in [0, 0.05) is 18.4 Å². The largest absolute Gasteiger partial charge is 0.325 e. The molecule has 0 spiro atoms. The molecule has 0 heterocycles. The average molecular weight is 155 g/mol. The molecule has 2 heteroatoms. The van der Waals surface area contributed by atoms with E-state index in [1.54, 1.807) is 0 Å². The number of nitrogens with two attached hydrogens (primary N) is 1. The van der Waals surface area contributed by atoms with Crippen LogP contribution in [0.4, 0.5) is 0 Å². The van der Waals surface area contributed by atoms with Crippen molar-refractivity contribution in [3.05, 3.63) is 0 Å². The lowest BCUT2D eigenvalue weighted by molar-refractivity contribution is -0.120. The maximum absolute atomic E-state index is 11.2. The fraction of sp³-hybridized carbons (Fsp3) is 0.889. The van der Waals surface area contributed by atoms with Gasteiger partial charge >= 0.3 is 0 Å². The zero-order valence-corrected chi connectivity index (χ0v) is 7.39. The van der Waals surface area contributed by atoms with Crippen molar-refractivity contribution in [2.75, 3.05) is 0 Å². The molecule has 1 rings (SSSR count). The lowest BCUT2D eigenvalue weighted by atomic mass is 10.0. The predicted molar refractivity (Wildman–Crippen MR) is 45.2 cm³/mol. The predicted octanol–water partition coefficient (Wildman–Crippen LogP) is 1.48. The Balaban J connectivity index is 2.21. The van der Waals surface area contributed by atoms with Gasteiger partial charge in [-0.15, -0.1) is 0 Å². The van der Waals surface area contributed by atoms with Crippen molar-refractivity contribution < 1.29 is 4.79 Å². The second kappa shape index (κ2) is 2.94. The van der Waals surface area contributed by atoms with Crippen LogP contribution < -0.4 is 5.73 Å². The molecule has 0 aromatic carbocycles. The zero-order valence-electron chi connectivity index (χ0n) is 7.39. The van der Waals surface area contributed by atoms with Gasteiger partial charge in [-0.1, -0.05) is 13.8 Å². The van der Waals surface area contributed by atoms with Crippen LogP contribution in [0.3, 0.4) is 0 Å². The van der Waals surface area contributed by atoms with Gasteiger partial charge in [0.25, 0.3) is 0 Å². The van der Waals surface area contributed by atoms with E-state index < -0.39 is 0 Å². The molecule has 1 aliphatic rings. The van der Waals surface area contributed by atoms with Gasteiger partial charge in [0.15, 0.2) is 0 Å². The highest BCUT2D eigenvalue weighted by Crippen LogP contribution is 2.36. The van der Waals surface area contributed by atoms with E-state index in [4.69, 9.17) is 5.73 Å². The molecule has 1 aliphatic carbocycles. The highest BCUT2D eigenvalue weighted by Gasteiger charge is 2.39. The van der Waals surface area contributed by atoms with Crippen LogP contribution in [-0.2, 0) is 4.79 Å². The summed E-state index contributed by atoms with van der Waals surface area (Å²) in [4.78, 5) is 11.2. The highest BCUT2D eigenvalue weighted by molar-refractivity contribution is 5.80. The van der Waals surface area contributed by atoms with E-state index in [2.05, 4.69) is 13.8 Å². The molecule has 0 aromatic heterocycles. The van der Waals surface area contributed by atoms with Crippen molar-refractivity contribution in [3.8, 4) is 0 Å². The summed E-state index contributed by atoms with van der Waals surface area (Å²) in [6, 6.07) is 0. The number of ketones is 1. The van der Waals surface area contributed by atoms with Crippen molar-refractivity contribution in [1.29, 1.82) is 0 Å². The van der Waals surface area contributed by atoms with Crippen LogP contribution in [0.15, 0.2) is 0 Å². The lowest BCUT2D eigenvalue weighted by Gasteiger charge is -2.08. The Hall–Kier alpha value is -0.370. The Labute approximate surface area is 68.2 Å². The topological polar surface area (TPSA) is 43.1 Å². The summed E-state index contributed by atoms with van der Waals surface area (Å²) in [5, 5.41) is 0. The van der Waals surface area contributed by atoms with Crippen LogP contribution in [0, 0.1) is 5.92 Å². The van der Waals surface area contributed by atoms with Gasteiger partial charge in [-0.05, 0) is 18.8 Å². The lowest BCUT2D eigenvalue weighted by Crippen LogP contribution is -2.25. The SMILES string of the molecule is CC(C)CC(=O)CC1(N)CC1. The van der Waals surface area contributed by atoms with Crippen LogP contribution >= 0.6 is 0 Å². The van der Waals surface area contributed by atoms with Gasteiger partial charge < -0.3 is 5.73 Å². The average Bonchev–Trinajstić information content (AvgIpc) is 2.44. The Morgan fingerprint density at radius 1 is 1.55 bits per heavy atom. The van der Waals surface area contributed by atoms with Crippen LogP contribution in [0.5, 0.6) is 0 Å². The molecule has 0 aliphatic heterocycles. The summed E-state index contributed by atoms with van der Waals surface area (Å²) in [5.74, 6) is 0.810. The smallest absolute Gasteiger partial charge is 0.134 e. The summed E-state index contributed by atoms with van der Waals surface area (Å²) in [6.45, 7) is 4.13. The molecular weight excluding hydrogens is 138 g/mol. The normalized spacial score (nSPS) is 20.4. The first-order valence-corrected chi connectivity index (χ1v) is 4.32. The van der Waals surface area contributed by atoms with Crippen molar-refractivity contribution >= 4 is 5.78 Å². The maximum atomic E-state index is 11.2. The van der Waals surface area contributed by atoms with Crippen LogP contribution in [0.25, 0.3) is 0 Å². The van der Waals surface area contributed by atoms with E-state index in [0.717, 1.165) is 12.8 Å². The number of hydrogen-bond donors (Lipinski definition) is 1.